The molecule has 1 amide bonds. The van der Waals surface area contributed by atoms with Gasteiger partial charge in [-0.1, -0.05) is 18.2 Å². The normalized spacial score (nSPS) is 16.6. The van der Waals surface area contributed by atoms with E-state index in [0.717, 1.165) is 26.4 Å². The molecule has 1 atom stereocenters. The lowest BCUT2D eigenvalue weighted by Gasteiger charge is -2.11. The van der Waals surface area contributed by atoms with Crippen molar-refractivity contribution < 1.29 is 9.53 Å². The van der Waals surface area contributed by atoms with Gasteiger partial charge in [0.2, 0.25) is 0 Å². The standard InChI is InChI=1S/C15H14BrNO2S/c1-9-6-13(20-14(9)16)15(18)17-8-11-7-10-4-2-3-5-12(10)19-11/h2-6,11H,7-8H2,1H3,(H,17,18). The highest BCUT2D eigenvalue weighted by Crippen LogP contribution is 2.29. The van der Waals surface area contributed by atoms with Crippen molar-refractivity contribution in [1.29, 1.82) is 0 Å². The summed E-state index contributed by atoms with van der Waals surface area (Å²) in [6.45, 7) is 2.51. The molecule has 0 fully saturated rings. The van der Waals surface area contributed by atoms with E-state index < -0.39 is 0 Å². The van der Waals surface area contributed by atoms with Crippen molar-refractivity contribution in [2.24, 2.45) is 0 Å². The van der Waals surface area contributed by atoms with Gasteiger partial charge in [0.15, 0.2) is 0 Å². The molecule has 0 radical (unpaired) electrons. The zero-order valence-corrected chi connectivity index (χ0v) is 13.4. The number of carbonyl (C=O) groups excluding carboxylic acids is 1. The van der Waals surface area contributed by atoms with Crippen LogP contribution >= 0.6 is 27.3 Å². The summed E-state index contributed by atoms with van der Waals surface area (Å²) in [5.41, 5.74) is 2.30. The predicted octanol–water partition coefficient (Wildman–Crippen LogP) is 3.55. The van der Waals surface area contributed by atoms with E-state index in [2.05, 4.69) is 27.3 Å². The van der Waals surface area contributed by atoms with Gasteiger partial charge in [-0.05, 0) is 46.1 Å². The topological polar surface area (TPSA) is 38.3 Å². The molecule has 3 rings (SSSR count). The third kappa shape index (κ3) is 2.74. The summed E-state index contributed by atoms with van der Waals surface area (Å²) in [5.74, 6) is 0.893. The summed E-state index contributed by atoms with van der Waals surface area (Å²) in [7, 11) is 0. The van der Waals surface area contributed by atoms with Crippen molar-refractivity contribution in [3.05, 3.63) is 50.1 Å². The molecule has 1 aromatic carbocycles. The van der Waals surface area contributed by atoms with Crippen LogP contribution < -0.4 is 10.1 Å². The van der Waals surface area contributed by atoms with Crippen LogP contribution in [0.25, 0.3) is 0 Å². The molecule has 1 aromatic heterocycles. The Labute approximate surface area is 130 Å². The highest BCUT2D eigenvalue weighted by atomic mass is 79.9. The van der Waals surface area contributed by atoms with Gasteiger partial charge in [-0.3, -0.25) is 4.79 Å². The quantitative estimate of drug-likeness (QED) is 0.918. The van der Waals surface area contributed by atoms with Crippen LogP contribution in [0.5, 0.6) is 5.75 Å². The van der Waals surface area contributed by atoms with Gasteiger partial charge in [0.05, 0.1) is 15.2 Å². The first-order valence-electron chi connectivity index (χ1n) is 6.42. The maximum Gasteiger partial charge on any atom is 0.261 e. The van der Waals surface area contributed by atoms with Crippen molar-refractivity contribution >= 4 is 33.2 Å². The van der Waals surface area contributed by atoms with Gasteiger partial charge in [0.1, 0.15) is 11.9 Å². The molecule has 104 valence electrons. The average Bonchev–Trinajstić information content (AvgIpc) is 3.00. The van der Waals surface area contributed by atoms with Crippen molar-refractivity contribution in [3.8, 4) is 5.75 Å². The number of benzene rings is 1. The molecule has 5 heteroatoms. The third-order valence-electron chi connectivity index (χ3n) is 3.29. The Morgan fingerprint density at radius 3 is 3.00 bits per heavy atom. The number of amides is 1. The van der Waals surface area contributed by atoms with Crippen LogP contribution in [-0.4, -0.2) is 18.6 Å². The van der Waals surface area contributed by atoms with Gasteiger partial charge in [0, 0.05) is 6.42 Å². The van der Waals surface area contributed by atoms with E-state index in [-0.39, 0.29) is 12.0 Å². The number of fused-ring (bicyclic) bond motifs is 1. The summed E-state index contributed by atoms with van der Waals surface area (Å²) < 4.78 is 6.81. The van der Waals surface area contributed by atoms with Gasteiger partial charge in [-0.2, -0.15) is 0 Å². The Hall–Kier alpha value is -1.33. The van der Waals surface area contributed by atoms with Gasteiger partial charge in [0.25, 0.3) is 5.91 Å². The molecule has 1 aliphatic heterocycles. The number of nitrogens with one attached hydrogen (secondary N) is 1. The number of carbonyl (C=O) groups is 1. The minimum Gasteiger partial charge on any atom is -0.488 e. The van der Waals surface area contributed by atoms with E-state index in [0.29, 0.717) is 6.54 Å². The summed E-state index contributed by atoms with van der Waals surface area (Å²) in [6.07, 6.45) is 0.879. The minimum absolute atomic E-state index is 0.0286. The first kappa shape index (κ1) is 13.6. The molecular formula is C15H14BrNO2S. The van der Waals surface area contributed by atoms with Crippen LogP contribution in [0.4, 0.5) is 0 Å². The highest BCUT2D eigenvalue weighted by Gasteiger charge is 2.23. The van der Waals surface area contributed by atoms with Crippen LogP contribution in [0.3, 0.4) is 0 Å². The molecule has 0 aliphatic carbocycles. The van der Waals surface area contributed by atoms with Crippen molar-refractivity contribution in [2.45, 2.75) is 19.4 Å². The lowest BCUT2D eigenvalue weighted by atomic mass is 10.1. The molecule has 0 saturated carbocycles. The Balaban J connectivity index is 1.57. The fraction of sp³-hybridized carbons (Fsp3) is 0.267. The molecule has 0 saturated heterocycles. The van der Waals surface area contributed by atoms with Gasteiger partial charge in [-0.25, -0.2) is 0 Å². The van der Waals surface area contributed by atoms with Crippen LogP contribution in [0.1, 0.15) is 20.8 Å². The second-order valence-corrected chi connectivity index (χ2v) is 7.20. The molecule has 1 N–H and O–H groups in total. The number of thiophene rings is 1. The lowest BCUT2D eigenvalue weighted by molar-refractivity contribution is 0.0937. The van der Waals surface area contributed by atoms with Gasteiger partial charge < -0.3 is 10.1 Å². The molecule has 0 spiro atoms. The zero-order valence-electron chi connectivity index (χ0n) is 11.0. The largest absolute Gasteiger partial charge is 0.488 e. The zero-order chi connectivity index (χ0) is 14.1. The molecule has 3 nitrogen and oxygen atoms in total. The highest BCUT2D eigenvalue weighted by molar-refractivity contribution is 9.11. The lowest BCUT2D eigenvalue weighted by Crippen LogP contribution is -2.34. The van der Waals surface area contributed by atoms with E-state index >= 15 is 0 Å². The SMILES string of the molecule is Cc1cc(C(=O)NCC2Cc3ccccc3O2)sc1Br. The molecule has 2 aromatic rings. The number of halogens is 1. The molecule has 2 heterocycles. The maximum absolute atomic E-state index is 12.1. The number of rotatable bonds is 3. The second-order valence-electron chi connectivity index (χ2n) is 4.83. The van der Waals surface area contributed by atoms with Crippen molar-refractivity contribution in [2.75, 3.05) is 6.54 Å². The van der Waals surface area contributed by atoms with Gasteiger partial charge >= 0.3 is 0 Å². The smallest absolute Gasteiger partial charge is 0.261 e. The first-order valence-corrected chi connectivity index (χ1v) is 8.03. The summed E-state index contributed by atoms with van der Waals surface area (Å²) in [5, 5.41) is 2.94. The molecule has 1 aliphatic rings. The van der Waals surface area contributed by atoms with Crippen LogP contribution in [0.15, 0.2) is 34.1 Å². The van der Waals surface area contributed by atoms with E-state index in [1.54, 1.807) is 0 Å². The maximum atomic E-state index is 12.1. The molecule has 0 bridgehead atoms. The number of hydrogen-bond acceptors (Lipinski definition) is 3. The van der Waals surface area contributed by atoms with Crippen molar-refractivity contribution in [1.82, 2.24) is 5.32 Å². The predicted molar refractivity (Wildman–Crippen MR) is 83.7 cm³/mol. The van der Waals surface area contributed by atoms with Crippen molar-refractivity contribution in [3.63, 3.8) is 0 Å². The Morgan fingerprint density at radius 2 is 2.30 bits per heavy atom. The fourth-order valence-corrected chi connectivity index (χ4v) is 3.68. The molecule has 1 unspecified atom stereocenters. The van der Waals surface area contributed by atoms with E-state index in [4.69, 9.17) is 4.74 Å². The van der Waals surface area contributed by atoms with Crippen LogP contribution in [-0.2, 0) is 6.42 Å². The third-order valence-corrected chi connectivity index (χ3v) is 5.42. The molecular weight excluding hydrogens is 338 g/mol. The number of hydrogen-bond donors (Lipinski definition) is 1. The number of aryl methyl sites for hydroxylation is 1. The first-order chi connectivity index (χ1) is 9.63. The Morgan fingerprint density at radius 1 is 1.50 bits per heavy atom. The minimum atomic E-state index is -0.0386. The fourth-order valence-electron chi connectivity index (χ4n) is 2.23. The van der Waals surface area contributed by atoms with Crippen LogP contribution in [0.2, 0.25) is 0 Å². The summed E-state index contributed by atoms with van der Waals surface area (Å²) in [4.78, 5) is 12.8. The second kappa shape index (κ2) is 5.58. The van der Waals surface area contributed by atoms with E-state index in [1.807, 2.05) is 31.2 Å². The van der Waals surface area contributed by atoms with E-state index in [9.17, 15) is 4.79 Å². The summed E-state index contributed by atoms with van der Waals surface area (Å²) >= 11 is 4.89. The average molecular weight is 352 g/mol. The van der Waals surface area contributed by atoms with Crippen LogP contribution in [0, 0.1) is 6.92 Å². The van der Waals surface area contributed by atoms with Gasteiger partial charge in [-0.15, -0.1) is 11.3 Å². The number of ether oxygens (including phenoxy) is 1. The molecule has 20 heavy (non-hydrogen) atoms. The monoisotopic (exact) mass is 351 g/mol. The number of para-hydroxylation sites is 1. The Kier molecular flexibility index (Phi) is 3.81. The Bertz CT molecular complexity index is 609. The summed E-state index contributed by atoms with van der Waals surface area (Å²) in [6, 6.07) is 9.91. The van der Waals surface area contributed by atoms with E-state index in [1.165, 1.54) is 16.9 Å².